The highest BCUT2D eigenvalue weighted by molar-refractivity contribution is 8.01. The number of nitrogens with one attached hydrogen (secondary N) is 1. The Bertz CT molecular complexity index is 1190. The average molecular weight is 455 g/mol. The monoisotopic (exact) mass is 454 g/mol. The first kappa shape index (κ1) is 19.2. The lowest BCUT2D eigenvalue weighted by atomic mass is 10.3. The molecule has 0 saturated heterocycles. The summed E-state index contributed by atoms with van der Waals surface area (Å²) in [6, 6.07) is 19.1. The molecule has 0 bridgehead atoms. The van der Waals surface area contributed by atoms with Crippen LogP contribution in [0.5, 0.6) is 5.75 Å². The highest BCUT2D eigenvalue weighted by Crippen LogP contribution is 2.61. The molecule has 1 unspecified atom stereocenters. The van der Waals surface area contributed by atoms with E-state index in [4.69, 9.17) is 27.7 Å². The maximum atomic E-state index is 13.9. The van der Waals surface area contributed by atoms with Crippen molar-refractivity contribution >= 4 is 52.3 Å². The van der Waals surface area contributed by atoms with Gasteiger partial charge in [0.1, 0.15) is 4.90 Å². The zero-order chi connectivity index (χ0) is 19.9. The molecule has 10 heteroatoms. The predicted molar refractivity (Wildman–Crippen MR) is 111 cm³/mol. The number of hydrogen-bond donors (Lipinski definition) is 1. The predicted octanol–water partition coefficient (Wildman–Crippen LogP) is 5.80. The van der Waals surface area contributed by atoms with Gasteiger partial charge in [-0.15, -0.1) is 0 Å². The Balaban J connectivity index is 1.97. The first-order chi connectivity index (χ1) is 13.3. The second kappa shape index (κ2) is 7.01. The number of hydrogen-bond acceptors (Lipinski definition) is 4. The summed E-state index contributed by atoms with van der Waals surface area (Å²) in [5, 5.41) is 2.81. The summed E-state index contributed by atoms with van der Waals surface area (Å²) in [6.07, 6.45) is 0. The molecule has 0 amide bonds. The minimum Gasteiger partial charge on any atom is -0.410 e. The van der Waals surface area contributed by atoms with Gasteiger partial charge in [-0.05, 0) is 36.4 Å². The van der Waals surface area contributed by atoms with Crippen LogP contribution >= 0.6 is 30.9 Å². The number of halogens is 2. The molecule has 0 spiro atoms. The Kier molecular flexibility index (Phi) is 4.79. The minimum absolute atomic E-state index is 0.0473. The van der Waals surface area contributed by atoms with Crippen molar-refractivity contribution in [3.8, 4) is 5.75 Å². The summed E-state index contributed by atoms with van der Waals surface area (Å²) in [5.41, 5.74) is 0.603. The van der Waals surface area contributed by atoms with Crippen LogP contribution in [0.2, 0.25) is 10.0 Å². The van der Waals surface area contributed by atoms with E-state index >= 15 is 0 Å². The number of para-hydroxylation sites is 2. The largest absolute Gasteiger partial charge is 0.460 e. The van der Waals surface area contributed by atoms with Crippen molar-refractivity contribution in [3.05, 3.63) is 82.8 Å². The minimum atomic E-state index is -4.29. The summed E-state index contributed by atoms with van der Waals surface area (Å²) in [7, 11) is -8.49. The third-order valence-corrected chi connectivity index (χ3v) is 8.95. The van der Waals surface area contributed by atoms with Crippen LogP contribution in [-0.2, 0) is 14.6 Å². The fraction of sp³-hybridized carbons (Fsp3) is 0. The number of fused-ring (bicyclic) bond motifs is 1. The van der Waals surface area contributed by atoms with E-state index < -0.39 is 17.7 Å². The van der Waals surface area contributed by atoms with Crippen molar-refractivity contribution in [3.63, 3.8) is 0 Å². The van der Waals surface area contributed by atoms with Crippen molar-refractivity contribution in [1.82, 2.24) is 0 Å². The van der Waals surface area contributed by atoms with Gasteiger partial charge in [-0.2, -0.15) is 4.08 Å². The van der Waals surface area contributed by atoms with Gasteiger partial charge in [0.15, 0.2) is 5.75 Å². The zero-order valence-corrected chi connectivity index (χ0v) is 17.3. The second-order valence-electron chi connectivity index (χ2n) is 5.89. The first-order valence-electron chi connectivity index (χ1n) is 8.04. The summed E-state index contributed by atoms with van der Waals surface area (Å²) >= 11 is 12.2. The van der Waals surface area contributed by atoms with E-state index in [9.17, 15) is 13.0 Å². The molecule has 1 atom stereocenters. The molecule has 0 aliphatic carbocycles. The van der Waals surface area contributed by atoms with Gasteiger partial charge in [-0.3, -0.25) is 5.09 Å². The molecule has 1 heterocycles. The van der Waals surface area contributed by atoms with Gasteiger partial charge >= 0.3 is 7.67 Å². The molecule has 0 aromatic heterocycles. The molecule has 6 nitrogen and oxygen atoms in total. The zero-order valence-electron chi connectivity index (χ0n) is 14.1. The molecule has 3 aromatic rings. The highest BCUT2D eigenvalue weighted by atomic mass is 35.5. The van der Waals surface area contributed by atoms with Crippen molar-refractivity contribution in [1.29, 1.82) is 0 Å². The van der Waals surface area contributed by atoms with Crippen LogP contribution in [0.3, 0.4) is 0 Å². The SMILES string of the molecule is O=P1(Nc2ccccc2)Oc2c(Cl)cc(Cl)cc2S(=O)(=O)N1c1ccccc1. The van der Waals surface area contributed by atoms with Crippen LogP contribution in [-0.4, -0.2) is 8.42 Å². The van der Waals surface area contributed by atoms with Crippen molar-refractivity contribution in [2.24, 2.45) is 0 Å². The smallest absolute Gasteiger partial charge is 0.410 e. The molecule has 28 heavy (non-hydrogen) atoms. The fourth-order valence-corrected chi connectivity index (χ4v) is 8.00. The number of nitrogens with zero attached hydrogens (tertiary/aromatic N) is 1. The van der Waals surface area contributed by atoms with Gasteiger partial charge in [-0.25, -0.2) is 13.0 Å². The first-order valence-corrected chi connectivity index (χ1v) is 11.8. The Labute approximate surface area is 172 Å². The molecule has 0 radical (unpaired) electrons. The standard InChI is InChI=1S/C18H13Cl2N2O4PS/c19-13-11-16(20)18-17(12-13)28(24,25)22(15-9-5-2-6-10-15)27(23,26-18)21-14-7-3-1-4-8-14/h1-12H,(H,21,23). The van der Waals surface area contributed by atoms with Crippen LogP contribution in [0, 0.1) is 0 Å². The lowest BCUT2D eigenvalue weighted by molar-refractivity contribution is 0.473. The summed E-state index contributed by atoms with van der Waals surface area (Å²) in [5.74, 6) is -0.204. The maximum Gasteiger partial charge on any atom is 0.460 e. The highest BCUT2D eigenvalue weighted by Gasteiger charge is 2.50. The molecule has 1 N–H and O–H groups in total. The topological polar surface area (TPSA) is 75.7 Å². The van der Waals surface area contributed by atoms with Gasteiger partial charge in [0.05, 0.1) is 10.7 Å². The van der Waals surface area contributed by atoms with E-state index in [1.165, 1.54) is 24.3 Å². The van der Waals surface area contributed by atoms with Gasteiger partial charge in [0, 0.05) is 10.7 Å². The quantitative estimate of drug-likeness (QED) is 0.506. The van der Waals surface area contributed by atoms with E-state index in [0.717, 1.165) is 4.08 Å². The van der Waals surface area contributed by atoms with Gasteiger partial charge < -0.3 is 4.52 Å². The van der Waals surface area contributed by atoms with E-state index in [1.807, 2.05) is 0 Å². The molecule has 144 valence electrons. The second-order valence-corrected chi connectivity index (χ2v) is 10.6. The van der Waals surface area contributed by atoms with Crippen LogP contribution in [0.25, 0.3) is 0 Å². The Morgan fingerprint density at radius 2 is 1.54 bits per heavy atom. The third kappa shape index (κ3) is 3.25. The van der Waals surface area contributed by atoms with Crippen molar-refractivity contribution < 1.29 is 17.5 Å². The lowest BCUT2D eigenvalue weighted by Gasteiger charge is -2.36. The molecule has 0 fully saturated rings. The van der Waals surface area contributed by atoms with Gasteiger partial charge in [0.25, 0.3) is 10.0 Å². The third-order valence-electron chi connectivity index (χ3n) is 3.96. The normalized spacial score (nSPS) is 20.1. The van der Waals surface area contributed by atoms with E-state index in [0.29, 0.717) is 5.69 Å². The molecule has 1 aliphatic rings. The molecule has 3 aromatic carbocycles. The average Bonchev–Trinajstić information content (AvgIpc) is 2.64. The van der Waals surface area contributed by atoms with Crippen LogP contribution in [0.1, 0.15) is 0 Å². The van der Waals surface area contributed by atoms with Gasteiger partial charge in [0.2, 0.25) is 0 Å². The fourth-order valence-electron chi connectivity index (χ4n) is 2.80. The number of rotatable bonds is 3. The number of anilines is 2. The summed E-state index contributed by atoms with van der Waals surface area (Å²) < 4.78 is 47.2. The Morgan fingerprint density at radius 3 is 2.18 bits per heavy atom. The molecule has 4 rings (SSSR count). The number of sulfonamides is 1. The van der Waals surface area contributed by atoms with Crippen molar-refractivity contribution in [2.75, 3.05) is 9.16 Å². The van der Waals surface area contributed by atoms with Crippen LogP contribution < -0.4 is 13.7 Å². The van der Waals surface area contributed by atoms with Crippen LogP contribution in [0.15, 0.2) is 77.7 Å². The van der Waals surface area contributed by atoms with Crippen molar-refractivity contribution in [2.45, 2.75) is 4.90 Å². The summed E-state index contributed by atoms with van der Waals surface area (Å²) in [6.45, 7) is 0. The number of benzene rings is 3. The molecule has 1 aliphatic heterocycles. The lowest BCUT2D eigenvalue weighted by Crippen LogP contribution is -2.36. The summed E-state index contributed by atoms with van der Waals surface area (Å²) in [4.78, 5) is -0.254. The Morgan fingerprint density at radius 1 is 0.929 bits per heavy atom. The van der Waals surface area contributed by atoms with Gasteiger partial charge in [-0.1, -0.05) is 59.6 Å². The molecule has 0 saturated carbocycles. The molecular weight excluding hydrogens is 442 g/mol. The van der Waals surface area contributed by atoms with E-state index in [2.05, 4.69) is 5.09 Å². The van der Waals surface area contributed by atoms with E-state index in [-0.39, 0.29) is 26.4 Å². The van der Waals surface area contributed by atoms with E-state index in [1.54, 1.807) is 48.5 Å². The maximum absolute atomic E-state index is 13.9. The van der Waals surface area contributed by atoms with Crippen LogP contribution in [0.4, 0.5) is 11.4 Å². The molecular formula is C18H13Cl2N2O4PS. The Hall–Kier alpha value is -2.18.